The number of nitrogens with zero attached hydrogens (tertiary/aromatic N) is 1. The van der Waals surface area contributed by atoms with E-state index in [0.717, 1.165) is 41.9 Å². The van der Waals surface area contributed by atoms with Gasteiger partial charge in [-0.15, -0.1) is 0 Å². The molecular formula is C23H24FN4O3S+. The zero-order valence-corrected chi connectivity index (χ0v) is 18.4. The van der Waals surface area contributed by atoms with E-state index in [-0.39, 0.29) is 17.2 Å². The molecular weight excluding hydrogens is 431 g/mol. The van der Waals surface area contributed by atoms with Crippen LogP contribution in [0.2, 0.25) is 0 Å². The van der Waals surface area contributed by atoms with E-state index >= 15 is 0 Å². The second-order valence-corrected chi connectivity index (χ2v) is 8.52. The van der Waals surface area contributed by atoms with E-state index in [1.165, 1.54) is 23.1 Å². The number of ether oxygens (including phenoxy) is 1. The van der Waals surface area contributed by atoms with Crippen LogP contribution in [0.4, 0.5) is 10.1 Å². The topological polar surface area (TPSA) is 88.5 Å². The maximum atomic E-state index is 13.2. The lowest BCUT2D eigenvalue weighted by molar-refractivity contribution is -0.929. The van der Waals surface area contributed by atoms with Gasteiger partial charge in [0.2, 0.25) is 5.91 Å². The maximum Gasteiger partial charge on any atom is 0.260 e. The minimum absolute atomic E-state index is 0.0589. The molecule has 2 heterocycles. The fraction of sp³-hybridized carbons (Fsp3) is 0.261. The molecule has 0 radical (unpaired) electrons. The van der Waals surface area contributed by atoms with Crippen molar-refractivity contribution >= 4 is 23.4 Å². The van der Waals surface area contributed by atoms with E-state index < -0.39 is 5.82 Å². The van der Waals surface area contributed by atoms with Gasteiger partial charge in [0, 0.05) is 17.7 Å². The van der Waals surface area contributed by atoms with Gasteiger partial charge in [-0.05, 0) is 30.3 Å². The summed E-state index contributed by atoms with van der Waals surface area (Å²) in [4.78, 5) is 33.5. The predicted molar refractivity (Wildman–Crippen MR) is 121 cm³/mol. The number of fused-ring (bicyclic) bond motifs is 1. The molecule has 0 saturated carbocycles. The van der Waals surface area contributed by atoms with Gasteiger partial charge in [-0.1, -0.05) is 30.0 Å². The first-order chi connectivity index (χ1) is 15.5. The van der Waals surface area contributed by atoms with Gasteiger partial charge < -0.3 is 19.9 Å². The number of amides is 1. The number of aromatic nitrogens is 2. The summed E-state index contributed by atoms with van der Waals surface area (Å²) in [7, 11) is 1.66. The summed E-state index contributed by atoms with van der Waals surface area (Å²) in [6.07, 6.45) is 0.687. The number of carbonyl (C=O) groups is 1. The van der Waals surface area contributed by atoms with Crippen molar-refractivity contribution in [2.75, 3.05) is 24.7 Å². The first kappa shape index (κ1) is 22.0. The number of anilines is 1. The molecule has 32 heavy (non-hydrogen) atoms. The predicted octanol–water partition coefficient (Wildman–Crippen LogP) is 1.79. The molecule has 1 atom stereocenters. The van der Waals surface area contributed by atoms with Gasteiger partial charge in [0.25, 0.3) is 5.56 Å². The van der Waals surface area contributed by atoms with Crippen molar-refractivity contribution in [3.05, 3.63) is 81.5 Å². The Bertz CT molecular complexity index is 1180. The van der Waals surface area contributed by atoms with Gasteiger partial charge in [0.15, 0.2) is 5.16 Å². The third kappa shape index (κ3) is 5.35. The van der Waals surface area contributed by atoms with Crippen LogP contribution < -0.4 is 20.5 Å². The monoisotopic (exact) mass is 455 g/mol. The third-order valence-electron chi connectivity index (χ3n) is 5.30. The standard InChI is InChI=1S/C23H23FN4O3S/c1-31-20-8-3-2-5-15(20)12-28-10-9-19-18(13-28)22(30)27-23(26-19)32-14-21(29)25-17-7-4-6-16(24)11-17/h2-8,11H,9-10,12-14H2,1H3,(H,25,29)(H,26,27,30)/p+1. The van der Waals surface area contributed by atoms with Crippen molar-refractivity contribution in [3.8, 4) is 5.75 Å². The van der Waals surface area contributed by atoms with Crippen LogP contribution in [0.25, 0.3) is 0 Å². The van der Waals surface area contributed by atoms with Crippen LogP contribution in [-0.4, -0.2) is 35.3 Å². The molecule has 4 rings (SSSR count). The largest absolute Gasteiger partial charge is 0.496 e. The number of quaternary nitrogens is 1. The molecule has 2 aromatic carbocycles. The molecule has 3 aromatic rings. The fourth-order valence-corrected chi connectivity index (χ4v) is 4.46. The van der Waals surface area contributed by atoms with Crippen LogP contribution in [0.5, 0.6) is 5.75 Å². The number of rotatable bonds is 7. The van der Waals surface area contributed by atoms with Gasteiger partial charge in [-0.3, -0.25) is 9.59 Å². The second-order valence-electron chi connectivity index (χ2n) is 7.56. The summed E-state index contributed by atoms with van der Waals surface area (Å²) < 4.78 is 18.7. The zero-order chi connectivity index (χ0) is 22.5. The van der Waals surface area contributed by atoms with Crippen molar-refractivity contribution in [1.82, 2.24) is 9.97 Å². The molecule has 1 amide bonds. The number of methoxy groups -OCH3 is 1. The summed E-state index contributed by atoms with van der Waals surface area (Å²) in [5, 5.41) is 3.05. The molecule has 7 nitrogen and oxygen atoms in total. The average Bonchev–Trinajstić information content (AvgIpc) is 2.78. The van der Waals surface area contributed by atoms with Gasteiger partial charge in [0.05, 0.1) is 30.7 Å². The summed E-state index contributed by atoms with van der Waals surface area (Å²) in [5.74, 6) is 0.191. The minimum atomic E-state index is -0.419. The summed E-state index contributed by atoms with van der Waals surface area (Å²) in [6.45, 7) is 2.20. The van der Waals surface area contributed by atoms with Crippen LogP contribution in [0.1, 0.15) is 16.8 Å². The minimum Gasteiger partial charge on any atom is -0.496 e. The normalized spacial score (nSPS) is 15.1. The number of benzene rings is 2. The Morgan fingerprint density at radius 2 is 2.12 bits per heavy atom. The summed E-state index contributed by atoms with van der Waals surface area (Å²) in [5.41, 5.74) is 2.80. The highest BCUT2D eigenvalue weighted by Gasteiger charge is 2.25. The summed E-state index contributed by atoms with van der Waals surface area (Å²) >= 11 is 1.15. The summed E-state index contributed by atoms with van der Waals surface area (Å²) in [6, 6.07) is 13.6. The first-order valence-corrected chi connectivity index (χ1v) is 11.3. The molecule has 0 saturated heterocycles. The third-order valence-corrected chi connectivity index (χ3v) is 6.18. The Morgan fingerprint density at radius 3 is 2.94 bits per heavy atom. The quantitative estimate of drug-likeness (QED) is 0.374. The highest BCUT2D eigenvalue weighted by molar-refractivity contribution is 7.99. The van der Waals surface area contributed by atoms with E-state index in [2.05, 4.69) is 15.3 Å². The Hall–Kier alpha value is -3.17. The zero-order valence-electron chi connectivity index (χ0n) is 17.6. The van der Waals surface area contributed by atoms with Crippen molar-refractivity contribution < 1.29 is 18.8 Å². The van der Waals surface area contributed by atoms with Gasteiger partial charge in [0.1, 0.15) is 24.7 Å². The van der Waals surface area contributed by atoms with Gasteiger partial charge >= 0.3 is 0 Å². The number of nitrogens with one attached hydrogen (secondary N) is 3. The fourth-order valence-electron chi connectivity index (χ4n) is 3.78. The SMILES string of the molecule is COc1ccccc1C[NH+]1CCc2nc(SCC(=O)Nc3cccc(F)c3)[nH]c(=O)c2C1. The average molecular weight is 456 g/mol. The Morgan fingerprint density at radius 1 is 1.28 bits per heavy atom. The molecule has 1 unspecified atom stereocenters. The van der Waals surface area contributed by atoms with Crippen molar-refractivity contribution in [1.29, 1.82) is 0 Å². The lowest BCUT2D eigenvalue weighted by Gasteiger charge is -2.25. The molecule has 3 N–H and O–H groups in total. The van der Waals surface area contributed by atoms with Crippen LogP contribution in [-0.2, 0) is 24.3 Å². The number of thioether (sulfide) groups is 1. The molecule has 9 heteroatoms. The highest BCUT2D eigenvalue weighted by atomic mass is 32.2. The van der Waals surface area contributed by atoms with Crippen molar-refractivity contribution in [3.63, 3.8) is 0 Å². The molecule has 1 aliphatic heterocycles. The Labute approximate surface area is 189 Å². The number of para-hydroxylation sites is 1. The smallest absolute Gasteiger partial charge is 0.260 e. The number of H-pyrrole nitrogens is 1. The van der Waals surface area contributed by atoms with Crippen LogP contribution in [0.3, 0.4) is 0 Å². The van der Waals surface area contributed by atoms with Crippen LogP contribution in [0.15, 0.2) is 58.5 Å². The molecule has 166 valence electrons. The van der Waals surface area contributed by atoms with E-state index in [1.54, 1.807) is 13.2 Å². The Kier molecular flexibility index (Phi) is 6.87. The number of halogens is 1. The van der Waals surface area contributed by atoms with E-state index in [1.807, 2.05) is 24.3 Å². The van der Waals surface area contributed by atoms with Crippen molar-refractivity contribution in [2.45, 2.75) is 24.7 Å². The second kappa shape index (κ2) is 9.97. The van der Waals surface area contributed by atoms with E-state index in [0.29, 0.717) is 29.4 Å². The number of hydrogen-bond donors (Lipinski definition) is 3. The van der Waals surface area contributed by atoms with E-state index in [9.17, 15) is 14.0 Å². The first-order valence-electron chi connectivity index (χ1n) is 10.3. The lowest BCUT2D eigenvalue weighted by Crippen LogP contribution is -3.10. The lowest BCUT2D eigenvalue weighted by atomic mass is 10.1. The van der Waals surface area contributed by atoms with E-state index in [4.69, 9.17) is 4.74 Å². The number of aromatic amines is 1. The molecule has 0 spiro atoms. The number of hydrogen-bond acceptors (Lipinski definition) is 5. The van der Waals surface area contributed by atoms with Gasteiger partial charge in [-0.2, -0.15) is 0 Å². The highest BCUT2D eigenvalue weighted by Crippen LogP contribution is 2.18. The number of carbonyl (C=O) groups excluding carboxylic acids is 1. The van der Waals surface area contributed by atoms with Crippen LogP contribution >= 0.6 is 11.8 Å². The maximum absolute atomic E-state index is 13.2. The van der Waals surface area contributed by atoms with Crippen molar-refractivity contribution in [2.24, 2.45) is 0 Å². The van der Waals surface area contributed by atoms with Crippen LogP contribution in [0, 0.1) is 5.82 Å². The molecule has 1 aromatic heterocycles. The molecule has 0 fully saturated rings. The molecule has 0 bridgehead atoms. The molecule has 0 aliphatic carbocycles. The van der Waals surface area contributed by atoms with Gasteiger partial charge in [-0.25, -0.2) is 9.37 Å². The molecule has 1 aliphatic rings. The Balaban J connectivity index is 1.38.